The van der Waals surface area contributed by atoms with Crippen LogP contribution in [0, 0.1) is 11.8 Å². The Balaban J connectivity index is 2.26. The lowest BCUT2D eigenvalue weighted by atomic mass is 10.0. The smallest absolute Gasteiger partial charge is 0.305 e. The zero-order chi connectivity index (χ0) is 21.6. The summed E-state index contributed by atoms with van der Waals surface area (Å²) in [7, 11) is 0. The van der Waals surface area contributed by atoms with Gasteiger partial charge in [-0.3, -0.25) is 14.4 Å². The van der Waals surface area contributed by atoms with Crippen molar-refractivity contribution >= 4 is 23.3 Å². The summed E-state index contributed by atoms with van der Waals surface area (Å²) in [4.78, 5) is 44.8. The molecule has 1 atom stereocenters. The first-order chi connectivity index (χ1) is 13.8. The highest BCUT2D eigenvalue weighted by Gasteiger charge is 2.10. The number of hydrogen-bond donors (Lipinski definition) is 1. The fourth-order valence-corrected chi connectivity index (χ4v) is 2.50. The number of Topliss-reactive ketones (excluding diaryl/α,β-unsaturated/α-hetero) is 3. The first-order valence-electron chi connectivity index (χ1n) is 9.72. The van der Waals surface area contributed by atoms with Crippen LogP contribution in [0.25, 0.3) is 0 Å². The van der Waals surface area contributed by atoms with E-state index in [-0.39, 0.29) is 49.2 Å². The van der Waals surface area contributed by atoms with Crippen LogP contribution in [-0.4, -0.2) is 41.1 Å². The summed E-state index contributed by atoms with van der Waals surface area (Å²) in [5, 5.41) is 9.64. The Labute approximate surface area is 171 Å². The van der Waals surface area contributed by atoms with Gasteiger partial charge in [0, 0.05) is 26.2 Å². The third-order valence-corrected chi connectivity index (χ3v) is 4.15. The van der Waals surface area contributed by atoms with Gasteiger partial charge < -0.3 is 14.6 Å². The molecule has 29 heavy (non-hydrogen) atoms. The number of benzene rings is 1. The van der Waals surface area contributed by atoms with E-state index in [2.05, 4.69) is 11.8 Å². The van der Waals surface area contributed by atoms with Crippen molar-refractivity contribution in [3.8, 4) is 11.8 Å². The minimum absolute atomic E-state index is 0.00495. The van der Waals surface area contributed by atoms with Crippen LogP contribution in [0.5, 0.6) is 0 Å². The molecule has 0 saturated heterocycles. The van der Waals surface area contributed by atoms with Crippen molar-refractivity contribution in [1.82, 2.24) is 0 Å². The zero-order valence-electron chi connectivity index (χ0n) is 17.0. The molecule has 1 aromatic rings. The topological polar surface area (TPSA) is 97.7 Å². The lowest BCUT2D eigenvalue weighted by Gasteiger charge is -2.10. The van der Waals surface area contributed by atoms with Crippen LogP contribution in [0.2, 0.25) is 0 Å². The van der Waals surface area contributed by atoms with Gasteiger partial charge in [0.15, 0.2) is 0 Å². The van der Waals surface area contributed by atoms with Gasteiger partial charge in [-0.1, -0.05) is 24.3 Å². The van der Waals surface area contributed by atoms with Crippen LogP contribution in [0.3, 0.4) is 0 Å². The SMILES string of the molecule is CC(=O)C#CC(=O)CCc1ccc(CCCC(=O)OCC(O)CCC(C)=O)cc1. The summed E-state index contributed by atoms with van der Waals surface area (Å²) in [5.74, 6) is 3.61. The van der Waals surface area contributed by atoms with Gasteiger partial charge in [0.1, 0.15) is 12.4 Å². The molecule has 0 aromatic heterocycles. The van der Waals surface area contributed by atoms with E-state index in [9.17, 15) is 24.3 Å². The van der Waals surface area contributed by atoms with E-state index in [4.69, 9.17) is 4.74 Å². The predicted octanol–water partition coefficient (Wildman–Crippen LogP) is 2.38. The van der Waals surface area contributed by atoms with E-state index in [1.54, 1.807) is 0 Å². The number of hydrogen-bond acceptors (Lipinski definition) is 6. The second kappa shape index (κ2) is 13.4. The molecule has 156 valence electrons. The molecule has 0 amide bonds. The van der Waals surface area contributed by atoms with Gasteiger partial charge in [0.25, 0.3) is 0 Å². The summed E-state index contributed by atoms with van der Waals surface area (Å²) in [5.41, 5.74) is 2.08. The van der Waals surface area contributed by atoms with Crippen molar-refractivity contribution < 1.29 is 29.0 Å². The molecule has 1 rings (SSSR count). The highest BCUT2D eigenvalue weighted by molar-refractivity contribution is 6.03. The van der Waals surface area contributed by atoms with Crippen molar-refractivity contribution in [1.29, 1.82) is 0 Å². The summed E-state index contributed by atoms with van der Waals surface area (Å²) in [6, 6.07) is 7.78. The fraction of sp³-hybridized carbons (Fsp3) is 0.478. The Bertz CT molecular complexity index is 767. The van der Waals surface area contributed by atoms with Gasteiger partial charge in [0.05, 0.1) is 6.10 Å². The number of rotatable bonds is 12. The molecule has 1 aromatic carbocycles. The van der Waals surface area contributed by atoms with Gasteiger partial charge in [-0.05, 0) is 55.6 Å². The Hall–Kier alpha value is -2.78. The lowest BCUT2D eigenvalue weighted by Crippen LogP contribution is -2.19. The van der Waals surface area contributed by atoms with Gasteiger partial charge >= 0.3 is 5.97 Å². The number of ketones is 3. The first-order valence-corrected chi connectivity index (χ1v) is 9.72. The van der Waals surface area contributed by atoms with Crippen molar-refractivity contribution in [2.45, 2.75) is 64.9 Å². The third-order valence-electron chi connectivity index (χ3n) is 4.15. The van der Waals surface area contributed by atoms with Gasteiger partial charge in [-0.25, -0.2) is 0 Å². The monoisotopic (exact) mass is 400 g/mol. The molecule has 0 saturated carbocycles. The molecule has 0 heterocycles. The molecule has 0 aliphatic heterocycles. The van der Waals surface area contributed by atoms with E-state index >= 15 is 0 Å². The van der Waals surface area contributed by atoms with Crippen LogP contribution < -0.4 is 0 Å². The number of aliphatic hydroxyl groups is 1. The van der Waals surface area contributed by atoms with Crippen molar-refractivity contribution in [3.05, 3.63) is 35.4 Å². The Kier molecular flexibility index (Phi) is 11.2. The zero-order valence-corrected chi connectivity index (χ0v) is 17.0. The minimum atomic E-state index is -0.810. The molecule has 0 fully saturated rings. The molecule has 0 spiro atoms. The van der Waals surface area contributed by atoms with Crippen LogP contribution in [0.1, 0.15) is 57.1 Å². The molecule has 6 nitrogen and oxygen atoms in total. The van der Waals surface area contributed by atoms with Crippen LogP contribution in [-0.2, 0) is 36.8 Å². The number of esters is 1. The van der Waals surface area contributed by atoms with Gasteiger partial charge in [-0.15, -0.1) is 0 Å². The molecule has 0 aliphatic rings. The summed E-state index contributed by atoms with van der Waals surface area (Å²) in [6.45, 7) is 2.69. The molecule has 1 N–H and O–H groups in total. The van der Waals surface area contributed by atoms with E-state index in [1.807, 2.05) is 24.3 Å². The van der Waals surface area contributed by atoms with Crippen molar-refractivity contribution in [3.63, 3.8) is 0 Å². The van der Waals surface area contributed by atoms with Crippen molar-refractivity contribution in [2.24, 2.45) is 0 Å². The van der Waals surface area contributed by atoms with Crippen molar-refractivity contribution in [2.75, 3.05) is 6.61 Å². The van der Waals surface area contributed by atoms with E-state index < -0.39 is 6.10 Å². The maximum absolute atomic E-state index is 11.7. The number of aliphatic hydroxyl groups excluding tert-OH is 1. The molecule has 6 heteroatoms. The van der Waals surface area contributed by atoms with Crippen LogP contribution in [0.15, 0.2) is 24.3 Å². The summed E-state index contributed by atoms with van der Waals surface area (Å²) >= 11 is 0. The quantitative estimate of drug-likeness (QED) is 0.329. The number of carbonyl (C=O) groups excluding carboxylic acids is 4. The first kappa shape index (κ1) is 24.3. The van der Waals surface area contributed by atoms with Gasteiger partial charge in [0.2, 0.25) is 11.6 Å². The standard InChI is InChI=1S/C23H28O6/c1-17(24)6-13-21(26)15-12-20-10-8-19(9-11-20)4-3-5-23(28)29-16-22(27)14-7-18(2)25/h8-11,22,27H,3-5,7,12,14-16H2,1-2H3. The molecular weight excluding hydrogens is 372 g/mol. The Morgan fingerprint density at radius 2 is 1.55 bits per heavy atom. The Morgan fingerprint density at radius 3 is 2.14 bits per heavy atom. The largest absolute Gasteiger partial charge is 0.463 e. The highest BCUT2D eigenvalue weighted by atomic mass is 16.5. The maximum Gasteiger partial charge on any atom is 0.305 e. The average molecular weight is 400 g/mol. The normalized spacial score (nSPS) is 11.1. The number of aryl methyl sites for hydroxylation is 2. The second-order valence-corrected chi connectivity index (χ2v) is 6.98. The molecule has 0 radical (unpaired) electrons. The molecule has 1 unspecified atom stereocenters. The average Bonchev–Trinajstić information content (AvgIpc) is 2.68. The summed E-state index contributed by atoms with van der Waals surface area (Å²) in [6.07, 6.45) is 2.18. The van der Waals surface area contributed by atoms with E-state index in [0.29, 0.717) is 25.7 Å². The second-order valence-electron chi connectivity index (χ2n) is 6.98. The molecular formula is C23H28O6. The maximum atomic E-state index is 11.7. The number of ether oxygens (including phenoxy) is 1. The fourth-order valence-electron chi connectivity index (χ4n) is 2.50. The van der Waals surface area contributed by atoms with Crippen LogP contribution >= 0.6 is 0 Å². The summed E-state index contributed by atoms with van der Waals surface area (Å²) < 4.78 is 5.02. The lowest BCUT2D eigenvalue weighted by molar-refractivity contribution is -0.146. The molecule has 0 aliphatic carbocycles. The number of carbonyl (C=O) groups is 4. The van der Waals surface area contributed by atoms with E-state index in [1.165, 1.54) is 13.8 Å². The third kappa shape index (κ3) is 12.3. The molecule has 0 bridgehead atoms. The minimum Gasteiger partial charge on any atom is -0.463 e. The van der Waals surface area contributed by atoms with E-state index in [0.717, 1.165) is 11.1 Å². The predicted molar refractivity (Wildman–Crippen MR) is 108 cm³/mol. The van der Waals surface area contributed by atoms with Crippen LogP contribution in [0.4, 0.5) is 0 Å². The Morgan fingerprint density at radius 1 is 0.931 bits per heavy atom. The highest BCUT2D eigenvalue weighted by Crippen LogP contribution is 2.10. The van der Waals surface area contributed by atoms with Gasteiger partial charge in [-0.2, -0.15) is 0 Å².